The van der Waals surface area contributed by atoms with Crippen LogP contribution in [0.15, 0.2) is 24.3 Å². The first kappa shape index (κ1) is 18.0. The first-order valence-corrected chi connectivity index (χ1v) is 8.14. The topological polar surface area (TPSA) is 55.1 Å². The average molecular weight is 326 g/mol. The molecule has 0 aliphatic heterocycles. The third-order valence-electron chi connectivity index (χ3n) is 3.92. The molecule has 1 aromatic heterocycles. The minimum atomic E-state index is -0.958. The summed E-state index contributed by atoms with van der Waals surface area (Å²) < 4.78 is 1.58. The predicted octanol–water partition coefficient (Wildman–Crippen LogP) is 4.61. The van der Waals surface area contributed by atoms with Gasteiger partial charge in [0.25, 0.3) is 0 Å². The molecule has 1 N–H and O–H groups in total. The molecule has 4 nitrogen and oxygen atoms in total. The summed E-state index contributed by atoms with van der Waals surface area (Å²) in [6, 6.07) is 5.86. The van der Waals surface area contributed by atoms with Crippen LogP contribution in [-0.4, -0.2) is 20.9 Å². The second kappa shape index (κ2) is 6.63. The van der Waals surface area contributed by atoms with Gasteiger partial charge >= 0.3 is 5.97 Å². The molecule has 0 saturated carbocycles. The molecule has 0 unspecified atom stereocenters. The Morgan fingerprint density at radius 1 is 1.17 bits per heavy atom. The second-order valence-corrected chi connectivity index (χ2v) is 7.49. The van der Waals surface area contributed by atoms with Gasteiger partial charge < -0.3 is 5.11 Å². The molecule has 0 fully saturated rings. The van der Waals surface area contributed by atoms with Gasteiger partial charge in [-0.3, -0.25) is 4.68 Å². The van der Waals surface area contributed by atoms with Crippen LogP contribution in [0.1, 0.15) is 59.2 Å². The Kier molecular flexibility index (Phi) is 4.97. The van der Waals surface area contributed by atoms with Crippen LogP contribution in [-0.2, 0) is 6.54 Å². The van der Waals surface area contributed by atoms with Crippen molar-refractivity contribution >= 4 is 12.0 Å². The highest BCUT2D eigenvalue weighted by atomic mass is 16.4. The van der Waals surface area contributed by atoms with Crippen LogP contribution >= 0.6 is 0 Å². The number of hydrogen-bond donors (Lipinski definition) is 1. The van der Waals surface area contributed by atoms with E-state index in [-0.39, 0.29) is 11.1 Å². The van der Waals surface area contributed by atoms with Crippen molar-refractivity contribution in [2.75, 3.05) is 0 Å². The van der Waals surface area contributed by atoms with Crippen molar-refractivity contribution in [3.63, 3.8) is 0 Å². The van der Waals surface area contributed by atoms with Gasteiger partial charge in [0.15, 0.2) is 0 Å². The standard InChI is InChI=1S/C20H26N2O2/c1-13-9-14(2)17(15(3)10-13)12-22-18(19(23)24)11-16(21-22)7-8-20(4,5)6/h7-11H,12H2,1-6H3,(H,23,24)/b8-7+. The van der Waals surface area contributed by atoms with E-state index in [9.17, 15) is 9.90 Å². The Hall–Kier alpha value is -2.36. The lowest BCUT2D eigenvalue weighted by Gasteiger charge is -2.12. The van der Waals surface area contributed by atoms with E-state index in [1.54, 1.807) is 10.7 Å². The van der Waals surface area contributed by atoms with Crippen molar-refractivity contribution in [2.24, 2.45) is 5.41 Å². The SMILES string of the molecule is Cc1cc(C)c(Cn2nc(/C=C/C(C)(C)C)cc2C(=O)O)c(C)c1. The van der Waals surface area contributed by atoms with Crippen LogP contribution in [0.25, 0.3) is 6.08 Å². The minimum absolute atomic E-state index is 0.0251. The van der Waals surface area contributed by atoms with Gasteiger partial charge in [-0.25, -0.2) is 4.79 Å². The Morgan fingerprint density at radius 3 is 2.25 bits per heavy atom. The zero-order chi connectivity index (χ0) is 18.1. The van der Waals surface area contributed by atoms with Crippen molar-refractivity contribution in [1.82, 2.24) is 9.78 Å². The van der Waals surface area contributed by atoms with Gasteiger partial charge in [0, 0.05) is 0 Å². The smallest absolute Gasteiger partial charge is 0.354 e. The van der Waals surface area contributed by atoms with Gasteiger partial charge in [0.2, 0.25) is 0 Å². The molecule has 0 radical (unpaired) electrons. The van der Waals surface area contributed by atoms with Crippen LogP contribution in [0.4, 0.5) is 0 Å². The molecule has 0 atom stereocenters. The summed E-state index contributed by atoms with van der Waals surface area (Å²) in [5.41, 5.74) is 5.56. The molecule has 2 aromatic rings. The number of carbonyl (C=O) groups is 1. The van der Waals surface area contributed by atoms with Gasteiger partial charge in [-0.2, -0.15) is 5.10 Å². The Morgan fingerprint density at radius 2 is 1.75 bits per heavy atom. The van der Waals surface area contributed by atoms with Crippen LogP contribution in [0.5, 0.6) is 0 Å². The molecule has 0 aliphatic rings. The van der Waals surface area contributed by atoms with Crippen LogP contribution in [0.3, 0.4) is 0 Å². The number of aryl methyl sites for hydroxylation is 3. The first-order chi connectivity index (χ1) is 11.1. The maximum Gasteiger partial charge on any atom is 0.354 e. The molecular weight excluding hydrogens is 300 g/mol. The molecule has 0 amide bonds. The molecule has 0 spiro atoms. The lowest BCUT2D eigenvalue weighted by Crippen LogP contribution is -2.12. The molecular formula is C20H26N2O2. The molecule has 0 saturated heterocycles. The van der Waals surface area contributed by atoms with Crippen molar-refractivity contribution in [3.05, 3.63) is 57.9 Å². The molecule has 0 bridgehead atoms. The van der Waals surface area contributed by atoms with Crippen LogP contribution in [0.2, 0.25) is 0 Å². The molecule has 0 aliphatic carbocycles. The highest BCUT2D eigenvalue weighted by Gasteiger charge is 2.16. The summed E-state index contributed by atoms with van der Waals surface area (Å²) in [6.07, 6.45) is 3.92. The van der Waals surface area contributed by atoms with E-state index in [4.69, 9.17) is 0 Å². The average Bonchev–Trinajstić information content (AvgIpc) is 2.83. The Labute approximate surface area is 143 Å². The summed E-state index contributed by atoms with van der Waals surface area (Å²) in [4.78, 5) is 11.6. The summed E-state index contributed by atoms with van der Waals surface area (Å²) in [6.45, 7) is 12.9. The van der Waals surface area contributed by atoms with Gasteiger partial charge in [-0.15, -0.1) is 0 Å². The summed E-state index contributed by atoms with van der Waals surface area (Å²) in [5, 5.41) is 14.0. The number of hydrogen-bond acceptors (Lipinski definition) is 2. The number of aromatic carboxylic acids is 1. The maximum absolute atomic E-state index is 11.6. The number of rotatable bonds is 4. The molecule has 24 heavy (non-hydrogen) atoms. The van der Waals surface area contributed by atoms with Crippen LogP contribution in [0, 0.1) is 26.2 Å². The quantitative estimate of drug-likeness (QED) is 0.892. The first-order valence-electron chi connectivity index (χ1n) is 8.14. The second-order valence-electron chi connectivity index (χ2n) is 7.49. The van der Waals surface area contributed by atoms with Crippen molar-refractivity contribution in [3.8, 4) is 0 Å². The maximum atomic E-state index is 11.6. The predicted molar refractivity (Wildman–Crippen MR) is 97.4 cm³/mol. The van der Waals surface area contributed by atoms with Crippen molar-refractivity contribution < 1.29 is 9.90 Å². The van der Waals surface area contributed by atoms with E-state index in [1.807, 2.05) is 12.2 Å². The monoisotopic (exact) mass is 326 g/mol. The molecule has 128 valence electrons. The normalized spacial score (nSPS) is 12.1. The lowest BCUT2D eigenvalue weighted by atomic mass is 9.96. The van der Waals surface area contributed by atoms with Gasteiger partial charge in [0.1, 0.15) is 5.69 Å². The number of nitrogens with zero attached hydrogens (tertiary/aromatic N) is 2. The molecule has 1 aromatic carbocycles. The summed E-state index contributed by atoms with van der Waals surface area (Å²) >= 11 is 0. The van der Waals surface area contributed by atoms with Gasteiger partial charge in [-0.05, 0) is 55.0 Å². The third kappa shape index (κ3) is 4.34. The fourth-order valence-electron chi connectivity index (χ4n) is 2.76. The number of carboxylic acids is 1. The van der Waals surface area contributed by atoms with E-state index < -0.39 is 5.97 Å². The van der Waals surface area contributed by atoms with Crippen molar-refractivity contribution in [2.45, 2.75) is 48.1 Å². The molecule has 2 rings (SSSR count). The fourth-order valence-corrected chi connectivity index (χ4v) is 2.76. The summed E-state index contributed by atoms with van der Waals surface area (Å²) in [5.74, 6) is -0.958. The number of carboxylic acid groups (broad SMARTS) is 1. The van der Waals surface area contributed by atoms with E-state index >= 15 is 0 Å². The highest BCUT2D eigenvalue weighted by Crippen LogP contribution is 2.20. The summed E-state index contributed by atoms with van der Waals surface area (Å²) in [7, 11) is 0. The van der Waals surface area contributed by atoms with Gasteiger partial charge in [-0.1, -0.05) is 44.5 Å². The third-order valence-corrected chi connectivity index (χ3v) is 3.92. The van der Waals surface area contributed by atoms with E-state index in [1.165, 1.54) is 5.56 Å². The molecule has 1 heterocycles. The number of allylic oxidation sites excluding steroid dienone is 1. The largest absolute Gasteiger partial charge is 0.477 e. The number of aromatic nitrogens is 2. The zero-order valence-corrected chi connectivity index (χ0v) is 15.3. The minimum Gasteiger partial charge on any atom is -0.477 e. The van der Waals surface area contributed by atoms with Crippen LogP contribution < -0.4 is 0 Å². The highest BCUT2D eigenvalue weighted by molar-refractivity contribution is 5.86. The van der Waals surface area contributed by atoms with E-state index in [0.717, 1.165) is 16.7 Å². The van der Waals surface area contributed by atoms with Gasteiger partial charge in [0.05, 0.1) is 12.2 Å². The Bertz CT molecular complexity index is 769. The molecule has 4 heteroatoms. The number of benzene rings is 1. The van der Waals surface area contributed by atoms with E-state index in [2.05, 4.69) is 58.8 Å². The lowest BCUT2D eigenvalue weighted by molar-refractivity contribution is 0.0684. The Balaban J connectivity index is 2.42. The fraction of sp³-hybridized carbons (Fsp3) is 0.400. The van der Waals surface area contributed by atoms with E-state index in [0.29, 0.717) is 12.2 Å². The zero-order valence-electron chi connectivity index (χ0n) is 15.3. The van der Waals surface area contributed by atoms with Crippen molar-refractivity contribution in [1.29, 1.82) is 0 Å².